The van der Waals surface area contributed by atoms with Crippen LogP contribution in [0.5, 0.6) is 0 Å². The number of unbranched alkanes of at least 4 members (excludes halogenated alkanes) is 18. The number of quaternary nitrogens is 1. The molecule has 0 spiro atoms. The highest BCUT2D eigenvalue weighted by molar-refractivity contribution is 6.16. The first kappa shape index (κ1) is 45.2. The van der Waals surface area contributed by atoms with Gasteiger partial charge < -0.3 is 14.0 Å². The highest BCUT2D eigenvalue weighted by Crippen LogP contribution is 2.36. The number of halogens is 1. The highest BCUT2D eigenvalue weighted by Gasteiger charge is 2.40. The van der Waals surface area contributed by atoms with Crippen LogP contribution in [0.2, 0.25) is 0 Å². The van der Waals surface area contributed by atoms with Crippen molar-refractivity contribution in [1.82, 2.24) is 0 Å². The van der Waals surface area contributed by atoms with Gasteiger partial charge in [-0.3, -0.25) is 0 Å². The minimum absolute atomic E-state index is 0.208. The predicted octanol–water partition coefficient (Wildman–Crippen LogP) is 14.2. The smallest absolute Gasteiger partial charge is 0.168 e. The first-order valence-corrected chi connectivity index (χ1v) is 21.3. The number of rotatable bonds is 34. The normalized spacial score (nSPS) is 19.0. The molecular weight excluding hydrogens is 610 g/mol. The van der Waals surface area contributed by atoms with Crippen LogP contribution in [0.4, 0.5) is 0 Å². The largest absolute Gasteiger partial charge is 0.347 e. The van der Waals surface area contributed by atoms with Gasteiger partial charge in [-0.1, -0.05) is 151 Å². The molecule has 280 valence electrons. The molecule has 1 atom stereocenters. The van der Waals surface area contributed by atoms with E-state index in [-0.39, 0.29) is 11.9 Å². The molecular formula is C44H81ClNO2+. The minimum Gasteiger partial charge on any atom is -0.347 e. The van der Waals surface area contributed by atoms with E-state index in [1.165, 1.54) is 141 Å². The van der Waals surface area contributed by atoms with Crippen molar-refractivity contribution in [2.75, 3.05) is 33.3 Å². The van der Waals surface area contributed by atoms with E-state index in [1.807, 2.05) is 0 Å². The van der Waals surface area contributed by atoms with Crippen molar-refractivity contribution in [1.29, 1.82) is 0 Å². The summed E-state index contributed by atoms with van der Waals surface area (Å²) in [5.41, 5.74) is 0. The molecule has 0 N–H and O–H groups in total. The number of hydrogen-bond acceptors (Lipinski definition) is 2. The zero-order valence-electron chi connectivity index (χ0n) is 32.6. The average Bonchev–Trinajstić information content (AvgIpc) is 3.50. The van der Waals surface area contributed by atoms with Crippen LogP contribution in [0.15, 0.2) is 48.6 Å². The quantitative estimate of drug-likeness (QED) is 0.0220. The lowest BCUT2D eigenvalue weighted by molar-refractivity contribution is -0.879. The van der Waals surface area contributed by atoms with E-state index < -0.39 is 0 Å². The van der Waals surface area contributed by atoms with Gasteiger partial charge in [0.15, 0.2) is 11.8 Å². The van der Waals surface area contributed by atoms with Gasteiger partial charge in [-0.15, -0.1) is 0 Å². The second-order valence-corrected chi connectivity index (χ2v) is 15.4. The molecule has 1 unspecified atom stereocenters. The summed E-state index contributed by atoms with van der Waals surface area (Å²) in [6.45, 7) is 6.31. The van der Waals surface area contributed by atoms with E-state index in [9.17, 15) is 0 Å². The molecule has 48 heavy (non-hydrogen) atoms. The Morgan fingerprint density at radius 1 is 0.562 bits per heavy atom. The third-order valence-corrected chi connectivity index (χ3v) is 10.5. The maximum absolute atomic E-state index is 6.74. The van der Waals surface area contributed by atoms with Crippen molar-refractivity contribution < 1.29 is 14.0 Å². The Bertz CT molecular complexity index is 769. The Morgan fingerprint density at radius 3 is 1.38 bits per heavy atom. The van der Waals surface area contributed by atoms with Crippen LogP contribution >= 0.6 is 11.6 Å². The van der Waals surface area contributed by atoms with E-state index in [4.69, 9.17) is 21.1 Å². The second kappa shape index (κ2) is 32.1. The summed E-state index contributed by atoms with van der Waals surface area (Å²) < 4.78 is 14.1. The van der Waals surface area contributed by atoms with Crippen molar-refractivity contribution in [3.63, 3.8) is 0 Å². The van der Waals surface area contributed by atoms with Crippen molar-refractivity contribution in [3.8, 4) is 0 Å². The molecule has 1 aliphatic heterocycles. The van der Waals surface area contributed by atoms with Crippen LogP contribution in [-0.2, 0) is 9.47 Å². The predicted molar refractivity (Wildman–Crippen MR) is 214 cm³/mol. The summed E-state index contributed by atoms with van der Waals surface area (Å²) in [4.78, 5) is 0. The van der Waals surface area contributed by atoms with E-state index in [2.05, 4.69) is 76.6 Å². The molecule has 0 saturated carbocycles. The second-order valence-electron chi connectivity index (χ2n) is 15.2. The van der Waals surface area contributed by atoms with Crippen LogP contribution in [0.3, 0.4) is 0 Å². The summed E-state index contributed by atoms with van der Waals surface area (Å²) in [6, 6.07) is 0.637. The van der Waals surface area contributed by atoms with Gasteiger partial charge in [0.1, 0.15) is 0 Å². The maximum Gasteiger partial charge on any atom is 0.168 e. The van der Waals surface area contributed by atoms with E-state index in [0.29, 0.717) is 6.00 Å². The lowest BCUT2D eigenvalue weighted by atomic mass is 9.98. The zero-order chi connectivity index (χ0) is 34.9. The SMILES string of the molecule is CCCCCC=CCC=CCCCCCCCCC1(CCCCCCCCC=CCC=CCCCCC)OCC(CC[N+](C)(C)CCl)O1. The summed E-state index contributed by atoms with van der Waals surface area (Å²) >= 11 is 6.19. The first-order valence-electron chi connectivity index (χ1n) is 20.8. The monoisotopic (exact) mass is 691 g/mol. The summed E-state index contributed by atoms with van der Waals surface area (Å²) in [6.07, 6.45) is 52.9. The van der Waals surface area contributed by atoms with Crippen LogP contribution in [0, 0.1) is 0 Å². The van der Waals surface area contributed by atoms with Gasteiger partial charge in [0, 0.05) is 19.3 Å². The Morgan fingerprint density at radius 2 is 0.958 bits per heavy atom. The lowest BCUT2D eigenvalue weighted by Crippen LogP contribution is -2.41. The fourth-order valence-corrected chi connectivity index (χ4v) is 6.58. The Labute approximate surface area is 305 Å². The molecule has 1 rings (SSSR count). The molecule has 0 bridgehead atoms. The fraction of sp³-hybridized carbons (Fsp3) is 0.818. The van der Waals surface area contributed by atoms with Crippen LogP contribution in [0.1, 0.15) is 187 Å². The van der Waals surface area contributed by atoms with Crippen molar-refractivity contribution >= 4 is 11.6 Å². The van der Waals surface area contributed by atoms with Crippen molar-refractivity contribution in [2.24, 2.45) is 0 Å². The van der Waals surface area contributed by atoms with E-state index in [0.717, 1.165) is 49.7 Å². The number of allylic oxidation sites excluding steroid dienone is 8. The van der Waals surface area contributed by atoms with Gasteiger partial charge >= 0.3 is 0 Å². The number of ether oxygens (including phenoxy) is 2. The summed E-state index contributed by atoms with van der Waals surface area (Å²) in [7, 11) is 4.40. The van der Waals surface area contributed by atoms with Gasteiger partial charge in [0.25, 0.3) is 0 Å². The minimum atomic E-state index is -0.354. The molecule has 0 amide bonds. The van der Waals surface area contributed by atoms with Crippen molar-refractivity contribution in [2.45, 2.75) is 199 Å². The van der Waals surface area contributed by atoms with Crippen LogP contribution < -0.4 is 0 Å². The molecule has 1 heterocycles. The zero-order valence-corrected chi connectivity index (χ0v) is 33.3. The van der Waals surface area contributed by atoms with Crippen LogP contribution in [-0.4, -0.2) is 49.6 Å². The number of hydrogen-bond donors (Lipinski definition) is 0. The third kappa shape index (κ3) is 26.9. The molecule has 4 heteroatoms. The summed E-state index contributed by atoms with van der Waals surface area (Å²) in [5.74, 6) is -0.354. The topological polar surface area (TPSA) is 18.5 Å². The van der Waals surface area contributed by atoms with E-state index in [1.54, 1.807) is 0 Å². The molecule has 0 aromatic rings. The molecule has 1 saturated heterocycles. The lowest BCUT2D eigenvalue weighted by Gasteiger charge is -2.30. The standard InChI is InChI=1S/C44H81ClNO2/c1-5-7-9-11-13-15-17-19-21-23-25-27-29-31-33-35-38-44(47-41-43(48-44)37-40-46(3,4)42-45)39-36-34-32-30-28-26-24-22-20-18-16-14-12-10-8-6-2/h13-16,19-22,43H,5-12,17-18,23-42H2,1-4H3/q+1. The highest BCUT2D eigenvalue weighted by atomic mass is 35.5. The molecule has 1 fully saturated rings. The molecule has 0 aromatic carbocycles. The van der Waals surface area contributed by atoms with Gasteiger partial charge in [-0.25, -0.2) is 0 Å². The number of nitrogens with zero attached hydrogens (tertiary/aromatic N) is 1. The summed E-state index contributed by atoms with van der Waals surface area (Å²) in [5, 5.41) is 0. The van der Waals surface area contributed by atoms with Gasteiger partial charge in [0.05, 0.1) is 33.4 Å². The number of alkyl halides is 1. The maximum atomic E-state index is 6.74. The first-order chi connectivity index (χ1) is 23.5. The van der Waals surface area contributed by atoms with Gasteiger partial charge in [-0.2, -0.15) is 0 Å². The average molecular weight is 692 g/mol. The van der Waals surface area contributed by atoms with Gasteiger partial charge in [-0.05, 0) is 77.0 Å². The van der Waals surface area contributed by atoms with Gasteiger partial charge in [0.2, 0.25) is 0 Å². The third-order valence-electron chi connectivity index (χ3n) is 9.81. The molecule has 0 aliphatic carbocycles. The molecule has 0 radical (unpaired) electrons. The molecule has 3 nitrogen and oxygen atoms in total. The Kier molecular flexibility index (Phi) is 30.2. The molecule has 0 aromatic heterocycles. The van der Waals surface area contributed by atoms with Crippen molar-refractivity contribution in [3.05, 3.63) is 48.6 Å². The fourth-order valence-electron chi connectivity index (χ4n) is 6.46. The molecule has 1 aliphatic rings. The Hall–Kier alpha value is -0.870. The van der Waals surface area contributed by atoms with E-state index >= 15 is 0 Å². The van der Waals surface area contributed by atoms with Crippen LogP contribution in [0.25, 0.3) is 0 Å². The Balaban J connectivity index is 2.24.